The average molecular weight is 208 g/mol. The van der Waals surface area contributed by atoms with Gasteiger partial charge in [0.25, 0.3) is 5.91 Å². The first-order valence-corrected chi connectivity index (χ1v) is 4.61. The molecule has 2 heterocycles. The van der Waals surface area contributed by atoms with Crippen molar-refractivity contribution in [3.05, 3.63) is 24.4 Å². The smallest absolute Gasteiger partial charge is 0.288 e. The molecule has 0 aromatic carbocycles. The zero-order valence-electron chi connectivity index (χ0n) is 8.05. The third kappa shape index (κ3) is 2.13. The fourth-order valence-corrected chi connectivity index (χ4v) is 1.37. The summed E-state index contributed by atoms with van der Waals surface area (Å²) in [6, 6.07) is 0.136. The van der Waals surface area contributed by atoms with Gasteiger partial charge in [-0.1, -0.05) is 6.08 Å². The molecule has 0 saturated carbocycles. The van der Waals surface area contributed by atoms with E-state index in [1.807, 2.05) is 12.3 Å². The van der Waals surface area contributed by atoms with Crippen LogP contribution in [-0.4, -0.2) is 27.2 Å². The lowest BCUT2D eigenvalue weighted by molar-refractivity contribution is 0.0990. The van der Waals surface area contributed by atoms with E-state index >= 15 is 0 Å². The van der Waals surface area contributed by atoms with Crippen molar-refractivity contribution in [1.29, 1.82) is 0 Å². The van der Waals surface area contributed by atoms with Crippen molar-refractivity contribution in [2.45, 2.75) is 12.5 Å². The van der Waals surface area contributed by atoms with Crippen molar-refractivity contribution in [1.82, 2.24) is 25.6 Å². The minimum atomic E-state index is -0.607. The number of nitrogens with two attached hydrogens (primary N) is 1. The summed E-state index contributed by atoms with van der Waals surface area (Å²) in [5, 5.41) is 4.00. The summed E-state index contributed by atoms with van der Waals surface area (Å²) in [5.41, 5.74) is 11.0. The van der Waals surface area contributed by atoms with Crippen LogP contribution >= 0.6 is 0 Å². The molecule has 0 spiro atoms. The number of rotatable bonds is 2. The molecule has 1 unspecified atom stereocenters. The van der Waals surface area contributed by atoms with Crippen LogP contribution < -0.4 is 16.6 Å². The molecule has 7 nitrogen and oxygen atoms in total. The van der Waals surface area contributed by atoms with E-state index in [1.165, 1.54) is 6.33 Å². The molecule has 1 atom stereocenters. The van der Waals surface area contributed by atoms with E-state index in [-0.39, 0.29) is 11.9 Å². The molecule has 1 aliphatic heterocycles. The number of hydrogen-bond donors (Lipinski definition) is 3. The molecule has 0 bridgehead atoms. The van der Waals surface area contributed by atoms with E-state index in [0.29, 0.717) is 6.54 Å². The Morgan fingerprint density at radius 3 is 3.27 bits per heavy atom. The molecule has 1 amide bonds. The Labute approximate surface area is 86.3 Å². The lowest BCUT2D eigenvalue weighted by Gasteiger charge is -2.12. The Morgan fingerprint density at radius 2 is 2.53 bits per heavy atom. The highest BCUT2D eigenvalue weighted by Gasteiger charge is 2.14. The van der Waals surface area contributed by atoms with Crippen LogP contribution in [0.25, 0.3) is 0 Å². The summed E-state index contributed by atoms with van der Waals surface area (Å²) < 4.78 is 1.64. The maximum atomic E-state index is 10.8. The molecular weight excluding hydrogens is 196 g/mol. The number of hydrazine groups is 1. The van der Waals surface area contributed by atoms with Gasteiger partial charge in [-0.3, -0.25) is 4.79 Å². The summed E-state index contributed by atoms with van der Waals surface area (Å²) in [7, 11) is 0. The second-order valence-corrected chi connectivity index (χ2v) is 3.23. The van der Waals surface area contributed by atoms with Gasteiger partial charge >= 0.3 is 0 Å². The lowest BCUT2D eigenvalue weighted by atomic mass is 10.2. The molecule has 1 aliphatic rings. The minimum absolute atomic E-state index is 0.0520. The van der Waals surface area contributed by atoms with Gasteiger partial charge in [0.05, 0.1) is 6.04 Å². The summed E-state index contributed by atoms with van der Waals surface area (Å²) in [5.74, 6) is -0.555. The molecule has 2 rings (SSSR count). The Kier molecular flexibility index (Phi) is 2.64. The second-order valence-electron chi connectivity index (χ2n) is 3.23. The maximum absolute atomic E-state index is 10.8. The highest BCUT2D eigenvalue weighted by atomic mass is 16.1. The monoisotopic (exact) mass is 208 g/mol. The van der Waals surface area contributed by atoms with Gasteiger partial charge in [0.1, 0.15) is 6.33 Å². The average Bonchev–Trinajstić information content (AvgIpc) is 2.55. The van der Waals surface area contributed by atoms with E-state index in [9.17, 15) is 4.79 Å². The fourth-order valence-electron chi connectivity index (χ4n) is 1.37. The predicted molar refractivity (Wildman–Crippen MR) is 52.5 cm³/mol. The molecule has 0 aliphatic carbocycles. The molecule has 80 valence electrons. The normalized spacial score (nSPS) is 20.7. The maximum Gasteiger partial charge on any atom is 0.288 e. The van der Waals surface area contributed by atoms with Gasteiger partial charge in [-0.05, 0) is 6.42 Å². The topological polar surface area (TPSA) is 97.9 Å². The van der Waals surface area contributed by atoms with Crippen molar-refractivity contribution >= 4 is 5.91 Å². The van der Waals surface area contributed by atoms with Gasteiger partial charge in [0.15, 0.2) is 0 Å². The van der Waals surface area contributed by atoms with Crippen LogP contribution in [0.15, 0.2) is 18.6 Å². The highest BCUT2D eigenvalue weighted by molar-refractivity contribution is 5.88. The Bertz CT molecular complexity index is 384. The van der Waals surface area contributed by atoms with Gasteiger partial charge in [0.2, 0.25) is 5.82 Å². The molecule has 1 aromatic rings. The molecule has 7 heteroatoms. The van der Waals surface area contributed by atoms with Crippen LogP contribution in [0.1, 0.15) is 23.1 Å². The van der Waals surface area contributed by atoms with Crippen LogP contribution in [-0.2, 0) is 0 Å². The van der Waals surface area contributed by atoms with Crippen molar-refractivity contribution in [2.24, 2.45) is 5.73 Å². The number of nitrogens with one attached hydrogen (secondary N) is 2. The SMILES string of the molecule is NC(=O)c1ncn(C2CC=CNNC2)n1. The number of carbonyl (C=O) groups excluding carboxylic acids is 1. The molecule has 0 saturated heterocycles. The van der Waals surface area contributed by atoms with E-state index < -0.39 is 5.91 Å². The third-order valence-corrected chi connectivity index (χ3v) is 2.15. The minimum Gasteiger partial charge on any atom is -0.363 e. The summed E-state index contributed by atoms with van der Waals surface area (Å²) >= 11 is 0. The molecule has 4 N–H and O–H groups in total. The van der Waals surface area contributed by atoms with Crippen molar-refractivity contribution in [2.75, 3.05) is 6.54 Å². The number of primary amides is 1. The number of aromatic nitrogens is 3. The zero-order valence-corrected chi connectivity index (χ0v) is 8.05. The van der Waals surface area contributed by atoms with Crippen LogP contribution in [0.2, 0.25) is 0 Å². The Morgan fingerprint density at radius 1 is 1.67 bits per heavy atom. The van der Waals surface area contributed by atoms with Crippen LogP contribution in [0, 0.1) is 0 Å². The highest BCUT2D eigenvalue weighted by Crippen LogP contribution is 2.10. The van der Waals surface area contributed by atoms with Gasteiger partial charge in [0, 0.05) is 12.7 Å². The third-order valence-electron chi connectivity index (χ3n) is 2.15. The molecule has 15 heavy (non-hydrogen) atoms. The fraction of sp³-hybridized carbons (Fsp3) is 0.375. The molecular formula is C8H12N6O. The summed E-state index contributed by atoms with van der Waals surface area (Å²) in [4.78, 5) is 14.6. The number of amides is 1. The first kappa shape index (κ1) is 9.66. The van der Waals surface area contributed by atoms with Crippen LogP contribution in [0.4, 0.5) is 0 Å². The summed E-state index contributed by atoms with van der Waals surface area (Å²) in [6.07, 6.45) is 6.15. The molecule has 1 aromatic heterocycles. The number of carbonyl (C=O) groups is 1. The van der Waals surface area contributed by atoms with E-state index in [4.69, 9.17) is 5.73 Å². The van der Waals surface area contributed by atoms with E-state index in [0.717, 1.165) is 6.42 Å². The van der Waals surface area contributed by atoms with Crippen molar-refractivity contribution in [3.63, 3.8) is 0 Å². The number of nitrogens with zero attached hydrogens (tertiary/aromatic N) is 3. The van der Waals surface area contributed by atoms with Gasteiger partial charge in [-0.25, -0.2) is 15.1 Å². The Balaban J connectivity index is 2.14. The first-order valence-electron chi connectivity index (χ1n) is 4.61. The second kappa shape index (κ2) is 4.09. The zero-order chi connectivity index (χ0) is 10.7. The van der Waals surface area contributed by atoms with Crippen molar-refractivity contribution < 1.29 is 4.79 Å². The lowest BCUT2D eigenvalue weighted by Crippen LogP contribution is -2.31. The molecule has 0 fully saturated rings. The quantitative estimate of drug-likeness (QED) is 0.575. The number of allylic oxidation sites excluding steroid dienone is 1. The molecule has 0 radical (unpaired) electrons. The van der Waals surface area contributed by atoms with Gasteiger partial charge < -0.3 is 11.2 Å². The Hall–Kier alpha value is -1.89. The van der Waals surface area contributed by atoms with Gasteiger partial charge in [-0.15, -0.1) is 5.10 Å². The van der Waals surface area contributed by atoms with E-state index in [2.05, 4.69) is 20.9 Å². The predicted octanol–water partition coefficient (Wildman–Crippen LogP) is -1.07. The number of hydrogen-bond acceptors (Lipinski definition) is 5. The van der Waals surface area contributed by atoms with Gasteiger partial charge in [-0.2, -0.15) is 0 Å². The van der Waals surface area contributed by atoms with Crippen molar-refractivity contribution in [3.8, 4) is 0 Å². The first-order chi connectivity index (χ1) is 7.27. The van der Waals surface area contributed by atoms with Crippen LogP contribution in [0.3, 0.4) is 0 Å². The van der Waals surface area contributed by atoms with E-state index in [1.54, 1.807) is 4.68 Å². The largest absolute Gasteiger partial charge is 0.363 e. The summed E-state index contributed by atoms with van der Waals surface area (Å²) in [6.45, 7) is 0.703. The standard InChI is InChI=1S/C8H12N6O/c9-7(15)8-10-5-14(13-8)6-2-1-3-11-12-4-6/h1,3,5-6,11-12H,2,4H2,(H2,9,15). The van der Waals surface area contributed by atoms with Crippen LogP contribution in [0.5, 0.6) is 0 Å².